The number of aliphatic hydroxyl groups excluding tert-OH is 9. The number of carbonyl (C=O) groups is 8. The van der Waals surface area contributed by atoms with Gasteiger partial charge in [-0.3, -0.25) is 38.4 Å². The normalized spacial score (nSPS) is 27.4. The molecule has 0 saturated carbocycles. The fourth-order valence-corrected chi connectivity index (χ4v) is 9.20. The van der Waals surface area contributed by atoms with Gasteiger partial charge in [0.05, 0.1) is 105 Å². The molecule has 0 aliphatic carbocycles. The van der Waals surface area contributed by atoms with Crippen molar-refractivity contribution in [1.29, 1.82) is 0 Å². The molecule has 0 radical (unpaired) electrons. The van der Waals surface area contributed by atoms with Crippen LogP contribution in [0.5, 0.6) is 0 Å². The second-order valence-electron chi connectivity index (χ2n) is 22.3. The number of hydrogen-bond acceptors (Lipinski definition) is 28. The van der Waals surface area contributed by atoms with E-state index in [0.29, 0.717) is 0 Å². The predicted octanol–water partition coefficient (Wildman–Crippen LogP) is -8.98. The smallest absolute Gasteiger partial charge is 0.242 e. The molecule has 0 aromatic rings. The maximum absolute atomic E-state index is 13.7. The lowest BCUT2D eigenvalue weighted by molar-refractivity contribution is -0.272. The lowest BCUT2D eigenvalue weighted by Crippen LogP contribution is -2.64. The van der Waals surface area contributed by atoms with E-state index in [0.717, 1.165) is 0 Å². The van der Waals surface area contributed by atoms with Crippen LogP contribution in [-0.2, 0) is 90.5 Å². The minimum atomic E-state index is -1.54. The zero-order chi connectivity index (χ0) is 67.6. The maximum atomic E-state index is 13.7. The summed E-state index contributed by atoms with van der Waals surface area (Å²) in [6.07, 6.45) is -18.0. The molecular weight excluding hydrogens is 1220 g/mol. The molecule has 3 rings (SSSR count). The lowest BCUT2D eigenvalue weighted by Gasteiger charge is -2.42. The monoisotopic (exact) mass is 1320 g/mol. The third kappa shape index (κ3) is 30.3. The highest BCUT2D eigenvalue weighted by Crippen LogP contribution is 2.25. The summed E-state index contributed by atoms with van der Waals surface area (Å²) in [7, 11) is 0. The van der Waals surface area contributed by atoms with Gasteiger partial charge in [0.1, 0.15) is 85.1 Å². The van der Waals surface area contributed by atoms with Gasteiger partial charge >= 0.3 is 0 Å². The first-order valence-corrected chi connectivity index (χ1v) is 30.1. The first-order chi connectivity index (χ1) is 43.2. The summed E-state index contributed by atoms with van der Waals surface area (Å²) < 4.78 is 61.3. The lowest BCUT2D eigenvalue weighted by atomic mass is 9.97. The van der Waals surface area contributed by atoms with Crippen LogP contribution in [0.15, 0.2) is 0 Å². The number of rotatable bonds is 43. The molecule has 3 fully saturated rings. The topological polar surface area (TPSA) is 516 Å². The molecule has 36 heteroatoms. The van der Waals surface area contributed by atoms with Crippen LogP contribution in [0.1, 0.15) is 73.6 Å². The summed E-state index contributed by atoms with van der Waals surface area (Å²) in [6.45, 7) is 6.48. The van der Waals surface area contributed by atoms with E-state index in [9.17, 15) is 84.3 Å². The van der Waals surface area contributed by atoms with E-state index < -0.39 is 183 Å². The number of nitrogens with one attached hydrogen (secondary N) is 8. The van der Waals surface area contributed by atoms with Crippen molar-refractivity contribution < 1.29 is 136 Å². The van der Waals surface area contributed by atoms with Gasteiger partial charge in [0.2, 0.25) is 47.3 Å². The molecule has 91 heavy (non-hydrogen) atoms. The Hall–Kier alpha value is -5.04. The van der Waals surface area contributed by atoms with Gasteiger partial charge in [0, 0.05) is 59.7 Å². The van der Waals surface area contributed by atoms with Crippen molar-refractivity contribution in [2.45, 2.75) is 183 Å². The van der Waals surface area contributed by atoms with E-state index in [1.54, 1.807) is 0 Å². The molecule has 17 unspecified atom stereocenters. The largest absolute Gasteiger partial charge is 0.394 e. The van der Waals surface area contributed by atoms with Gasteiger partial charge < -0.3 is 141 Å². The summed E-state index contributed by atoms with van der Waals surface area (Å²) in [5.74, 6) is -4.97. The average molecular weight is 1320 g/mol. The summed E-state index contributed by atoms with van der Waals surface area (Å²) in [4.78, 5) is 102. The average Bonchev–Trinajstić information content (AvgIpc) is 1.78. The quantitative estimate of drug-likeness (QED) is 0.0252. The molecule has 0 spiro atoms. The van der Waals surface area contributed by atoms with Crippen molar-refractivity contribution >= 4 is 47.3 Å². The summed E-state index contributed by atoms with van der Waals surface area (Å²) >= 11 is 0. The van der Waals surface area contributed by atoms with E-state index in [2.05, 4.69) is 42.5 Å². The fraction of sp³-hybridized carbons (Fsp3) is 0.855. The first-order valence-electron chi connectivity index (χ1n) is 30.1. The third-order valence-electron chi connectivity index (χ3n) is 13.8. The summed E-state index contributed by atoms with van der Waals surface area (Å²) in [6, 6.07) is -6.17. The number of ether oxygens (including phenoxy) is 11. The highest BCUT2D eigenvalue weighted by atomic mass is 16.7. The van der Waals surface area contributed by atoms with Crippen molar-refractivity contribution in [3.63, 3.8) is 0 Å². The second-order valence-corrected chi connectivity index (χ2v) is 22.3. The highest BCUT2D eigenvalue weighted by Gasteiger charge is 2.48. The van der Waals surface area contributed by atoms with Gasteiger partial charge in [-0.2, -0.15) is 0 Å². The molecule has 17 N–H and O–H groups in total. The van der Waals surface area contributed by atoms with Gasteiger partial charge in [-0.25, -0.2) is 0 Å². The maximum Gasteiger partial charge on any atom is 0.242 e. The fourth-order valence-electron chi connectivity index (χ4n) is 9.20. The molecular formula is C55H98N8O28. The van der Waals surface area contributed by atoms with E-state index >= 15 is 0 Å². The molecule has 17 atom stereocenters. The molecule has 0 bridgehead atoms. The van der Waals surface area contributed by atoms with Gasteiger partial charge in [-0.05, 0) is 33.6 Å². The van der Waals surface area contributed by atoms with E-state index in [-0.39, 0.29) is 125 Å². The summed E-state index contributed by atoms with van der Waals surface area (Å²) in [5.41, 5.74) is -0.416. The second kappa shape index (κ2) is 43.0. The Morgan fingerprint density at radius 3 is 1.07 bits per heavy atom. The van der Waals surface area contributed by atoms with Crippen molar-refractivity contribution in [3.8, 4) is 0 Å². The van der Waals surface area contributed by atoms with Crippen molar-refractivity contribution in [3.05, 3.63) is 0 Å². The van der Waals surface area contributed by atoms with Crippen LogP contribution in [0.3, 0.4) is 0 Å². The van der Waals surface area contributed by atoms with Crippen molar-refractivity contribution in [1.82, 2.24) is 42.5 Å². The Labute approximate surface area is 527 Å². The molecule has 3 aliphatic heterocycles. The number of hydrogen-bond donors (Lipinski definition) is 17. The van der Waals surface area contributed by atoms with E-state index in [4.69, 9.17) is 52.1 Å². The van der Waals surface area contributed by atoms with Gasteiger partial charge in [0.15, 0.2) is 18.9 Å². The van der Waals surface area contributed by atoms with Gasteiger partial charge in [0.25, 0.3) is 0 Å². The zero-order valence-electron chi connectivity index (χ0n) is 52.4. The summed E-state index contributed by atoms with van der Waals surface area (Å²) in [5, 5.41) is 112. The molecule has 8 amide bonds. The van der Waals surface area contributed by atoms with Crippen LogP contribution in [0.4, 0.5) is 0 Å². The Balaban J connectivity index is 1.62. The van der Waals surface area contributed by atoms with Crippen LogP contribution in [0.2, 0.25) is 0 Å². The molecule has 0 aromatic heterocycles. The van der Waals surface area contributed by atoms with Gasteiger partial charge in [-0.15, -0.1) is 0 Å². The number of amides is 8. The molecule has 526 valence electrons. The van der Waals surface area contributed by atoms with Crippen LogP contribution >= 0.6 is 0 Å². The van der Waals surface area contributed by atoms with Crippen molar-refractivity contribution in [2.75, 3.05) is 119 Å². The van der Waals surface area contributed by atoms with Crippen LogP contribution in [0.25, 0.3) is 0 Å². The molecule has 0 aromatic carbocycles. The number of carbonyl (C=O) groups excluding carboxylic acids is 8. The van der Waals surface area contributed by atoms with Crippen LogP contribution < -0.4 is 42.5 Å². The van der Waals surface area contributed by atoms with E-state index in [1.807, 2.05) is 20.8 Å². The number of aliphatic hydroxyl groups is 9. The Bertz CT molecular complexity index is 2190. The molecule has 3 saturated heterocycles. The minimum absolute atomic E-state index is 0.0180. The van der Waals surface area contributed by atoms with Crippen LogP contribution in [0, 0.1) is 0 Å². The molecule has 36 nitrogen and oxygen atoms in total. The molecule has 3 aliphatic rings. The van der Waals surface area contributed by atoms with E-state index in [1.165, 1.54) is 20.8 Å². The standard InChI is InChI=1S/C55H98N8O28/c1-30(67)59-41-47(76)44(73)35(27-64)89-52(41)85-23-19-82-16-12-56-38(70)9-7-33(50(79)57-13-17-83-20-24-86-53-42(60-31(2)68)48(77)45(74)36(28-65)90-53)62-39(71)10-8-34(63-40(72)11-15-81-22-26-88-55(4,5)6)51(80)58-14-18-84-21-25-87-54-43(61-32(3)69)49(78)46(75)37(29-66)91-54/h33-37,41-49,52-54,64-66,73-78H,7-29H2,1-6H3,(H,56,70)(H,57,79)(H,58,80)(H,59,67)(H,60,68)(H,61,69)(H,62,71)(H,63,72). The zero-order valence-corrected chi connectivity index (χ0v) is 52.4. The SMILES string of the molecule is CC(=O)NC1C(OCCOCCNC(=O)CCC(NC(=O)CCC(NC(=O)CCOCCOC(C)(C)C)C(=O)NCCOCCOC2OC(CO)C(O)C(O)C2NC(C)=O)C(=O)NCCOCCOC2OC(CO)C(O)C(O)C2NC(C)=O)OC(CO)C(O)C1O. The highest BCUT2D eigenvalue weighted by molar-refractivity contribution is 5.90. The van der Waals surface area contributed by atoms with Crippen molar-refractivity contribution in [2.24, 2.45) is 0 Å². The molecule has 3 heterocycles. The first kappa shape index (κ1) is 80.2. The van der Waals surface area contributed by atoms with Gasteiger partial charge in [-0.1, -0.05) is 0 Å². The Morgan fingerprint density at radius 1 is 0.407 bits per heavy atom. The third-order valence-corrected chi connectivity index (χ3v) is 13.8. The predicted molar refractivity (Wildman–Crippen MR) is 309 cm³/mol. The minimum Gasteiger partial charge on any atom is -0.394 e. The Kier molecular flexibility index (Phi) is 37.9. The van der Waals surface area contributed by atoms with Crippen LogP contribution in [-0.4, -0.2) is 322 Å². The Morgan fingerprint density at radius 2 is 0.725 bits per heavy atom.